The van der Waals surface area contributed by atoms with Crippen molar-refractivity contribution in [2.75, 3.05) is 6.54 Å². The summed E-state index contributed by atoms with van der Waals surface area (Å²) in [4.78, 5) is 24.3. The number of carbonyl (C=O) groups is 2. The molecule has 0 bridgehead atoms. The third kappa shape index (κ3) is 5.37. The number of sulfone groups is 1. The first-order chi connectivity index (χ1) is 14.8. The number of hydrogen-bond acceptors (Lipinski definition) is 5. The largest absolute Gasteiger partial charge is 0.468 e. The normalized spacial score (nSPS) is 12.2. The fraction of sp³-hybridized carbons (Fsp3) is 0.182. The summed E-state index contributed by atoms with van der Waals surface area (Å²) in [5.41, 5.74) is 1.12. The SMILES string of the molecule is Cc1ccc(S(=O)(=O)[C@@H](CNC(=O)C(=O)NCc2ccccc2F)c2ccco2)cc1. The minimum absolute atomic E-state index is 0.0674. The highest BCUT2D eigenvalue weighted by atomic mass is 32.2. The van der Waals surface area contributed by atoms with Crippen LogP contribution in [0.1, 0.15) is 22.1 Å². The minimum atomic E-state index is -3.91. The molecule has 0 aliphatic rings. The molecular formula is C22H21FN2O5S. The lowest BCUT2D eigenvalue weighted by Gasteiger charge is -2.17. The molecule has 0 aliphatic carbocycles. The number of nitrogens with one attached hydrogen (secondary N) is 2. The van der Waals surface area contributed by atoms with Crippen molar-refractivity contribution >= 4 is 21.7 Å². The summed E-state index contributed by atoms with van der Waals surface area (Å²) >= 11 is 0. The van der Waals surface area contributed by atoms with Gasteiger partial charge in [-0.1, -0.05) is 35.9 Å². The van der Waals surface area contributed by atoms with Crippen molar-refractivity contribution in [3.8, 4) is 0 Å². The van der Waals surface area contributed by atoms with Gasteiger partial charge in [0.05, 0.1) is 11.2 Å². The molecule has 1 aromatic heterocycles. The third-order valence-electron chi connectivity index (χ3n) is 4.64. The van der Waals surface area contributed by atoms with Gasteiger partial charge in [-0.3, -0.25) is 9.59 Å². The van der Waals surface area contributed by atoms with Gasteiger partial charge < -0.3 is 15.1 Å². The zero-order valence-electron chi connectivity index (χ0n) is 16.7. The maximum absolute atomic E-state index is 13.6. The molecule has 2 N–H and O–H groups in total. The Hall–Kier alpha value is -3.46. The molecule has 9 heteroatoms. The fourth-order valence-electron chi connectivity index (χ4n) is 2.89. The zero-order valence-corrected chi connectivity index (χ0v) is 17.5. The third-order valence-corrected chi connectivity index (χ3v) is 6.71. The number of amides is 2. The van der Waals surface area contributed by atoms with Gasteiger partial charge >= 0.3 is 11.8 Å². The van der Waals surface area contributed by atoms with Crippen molar-refractivity contribution in [3.63, 3.8) is 0 Å². The van der Waals surface area contributed by atoms with E-state index in [9.17, 15) is 22.4 Å². The number of carbonyl (C=O) groups excluding carboxylic acids is 2. The van der Waals surface area contributed by atoms with Gasteiger partial charge in [-0.15, -0.1) is 0 Å². The van der Waals surface area contributed by atoms with Crippen molar-refractivity contribution < 1.29 is 26.8 Å². The summed E-state index contributed by atoms with van der Waals surface area (Å²) in [6.45, 7) is 1.28. The smallest absolute Gasteiger partial charge is 0.309 e. The summed E-state index contributed by atoms with van der Waals surface area (Å²) in [5.74, 6) is -2.42. The van der Waals surface area contributed by atoms with Gasteiger partial charge in [-0.2, -0.15) is 0 Å². The van der Waals surface area contributed by atoms with Crippen LogP contribution < -0.4 is 10.6 Å². The molecule has 0 saturated carbocycles. The molecule has 1 heterocycles. The predicted octanol–water partition coefficient (Wildman–Crippen LogP) is 2.67. The summed E-state index contributed by atoms with van der Waals surface area (Å²) in [5, 5.41) is 3.41. The lowest BCUT2D eigenvalue weighted by molar-refractivity contribution is -0.139. The summed E-state index contributed by atoms with van der Waals surface area (Å²) in [6.07, 6.45) is 1.33. The molecule has 2 amide bonds. The van der Waals surface area contributed by atoms with Crippen LogP contribution in [0.15, 0.2) is 76.2 Å². The second-order valence-corrected chi connectivity index (χ2v) is 8.98. The van der Waals surface area contributed by atoms with E-state index >= 15 is 0 Å². The zero-order chi connectivity index (χ0) is 22.4. The van der Waals surface area contributed by atoms with E-state index in [4.69, 9.17) is 4.42 Å². The average molecular weight is 444 g/mol. The van der Waals surface area contributed by atoms with Crippen molar-refractivity contribution in [1.82, 2.24) is 10.6 Å². The molecule has 3 rings (SSSR count). The van der Waals surface area contributed by atoms with Gasteiger partial charge in [0, 0.05) is 18.7 Å². The Morgan fingerprint density at radius 3 is 2.29 bits per heavy atom. The first-order valence-electron chi connectivity index (χ1n) is 9.42. The van der Waals surface area contributed by atoms with E-state index in [1.165, 1.54) is 48.7 Å². The van der Waals surface area contributed by atoms with E-state index in [1.54, 1.807) is 18.2 Å². The summed E-state index contributed by atoms with van der Waals surface area (Å²) in [6, 6.07) is 15.1. The number of benzene rings is 2. The molecule has 31 heavy (non-hydrogen) atoms. The van der Waals surface area contributed by atoms with Crippen LogP contribution in [0.4, 0.5) is 4.39 Å². The predicted molar refractivity (Wildman–Crippen MR) is 111 cm³/mol. The Bertz CT molecular complexity index is 1160. The molecule has 0 spiro atoms. The Kier molecular flexibility index (Phi) is 6.86. The standard InChI is InChI=1S/C22H21FN2O5S/c1-15-8-10-17(11-9-15)31(28,29)20(19-7-4-12-30-19)14-25-22(27)21(26)24-13-16-5-2-3-6-18(16)23/h2-12,20H,13-14H2,1H3,(H,24,26)(H,25,27)/t20-/m0/s1. The fourth-order valence-corrected chi connectivity index (χ4v) is 4.48. The molecular weight excluding hydrogens is 423 g/mol. The molecule has 162 valence electrons. The van der Waals surface area contributed by atoms with Crippen molar-refractivity contribution in [1.29, 1.82) is 0 Å². The van der Waals surface area contributed by atoms with Crippen LogP contribution in [0.25, 0.3) is 0 Å². The van der Waals surface area contributed by atoms with Crippen LogP contribution in [-0.2, 0) is 26.0 Å². The quantitative estimate of drug-likeness (QED) is 0.545. The number of halogens is 1. The van der Waals surface area contributed by atoms with Gasteiger partial charge in [0.2, 0.25) is 0 Å². The van der Waals surface area contributed by atoms with E-state index in [2.05, 4.69) is 10.6 Å². The maximum Gasteiger partial charge on any atom is 0.309 e. The van der Waals surface area contributed by atoms with Crippen LogP contribution in [0.5, 0.6) is 0 Å². The van der Waals surface area contributed by atoms with Gasteiger partial charge in [0.25, 0.3) is 0 Å². The van der Waals surface area contributed by atoms with E-state index in [1.807, 2.05) is 6.92 Å². The van der Waals surface area contributed by atoms with Gasteiger partial charge in [-0.05, 0) is 37.3 Å². The monoisotopic (exact) mass is 444 g/mol. The summed E-state index contributed by atoms with van der Waals surface area (Å²) in [7, 11) is -3.91. The molecule has 0 radical (unpaired) electrons. The first-order valence-corrected chi connectivity index (χ1v) is 11.0. The van der Waals surface area contributed by atoms with Crippen LogP contribution in [-0.4, -0.2) is 26.8 Å². The Morgan fingerprint density at radius 2 is 1.65 bits per heavy atom. The van der Waals surface area contributed by atoms with Crippen LogP contribution in [0.2, 0.25) is 0 Å². The molecule has 0 saturated heterocycles. The molecule has 3 aromatic rings. The number of furan rings is 1. The maximum atomic E-state index is 13.6. The van der Waals surface area contributed by atoms with Crippen LogP contribution in [0, 0.1) is 12.7 Å². The molecule has 7 nitrogen and oxygen atoms in total. The lowest BCUT2D eigenvalue weighted by atomic mass is 10.2. The van der Waals surface area contributed by atoms with Crippen molar-refractivity contribution in [3.05, 3.63) is 89.6 Å². The van der Waals surface area contributed by atoms with Crippen molar-refractivity contribution in [2.45, 2.75) is 23.6 Å². The van der Waals surface area contributed by atoms with E-state index < -0.39 is 32.7 Å². The van der Waals surface area contributed by atoms with Gasteiger partial charge in [-0.25, -0.2) is 12.8 Å². The van der Waals surface area contributed by atoms with Crippen LogP contribution in [0.3, 0.4) is 0 Å². The molecule has 1 atom stereocenters. The highest BCUT2D eigenvalue weighted by Gasteiger charge is 2.32. The van der Waals surface area contributed by atoms with E-state index in [0.717, 1.165) is 5.56 Å². The second-order valence-electron chi connectivity index (χ2n) is 6.85. The summed E-state index contributed by atoms with van der Waals surface area (Å²) < 4.78 is 45.1. The van der Waals surface area contributed by atoms with E-state index in [0.29, 0.717) is 0 Å². The van der Waals surface area contributed by atoms with E-state index in [-0.39, 0.29) is 29.3 Å². The van der Waals surface area contributed by atoms with Gasteiger partial charge in [0.15, 0.2) is 9.84 Å². The number of hydrogen-bond donors (Lipinski definition) is 2. The number of rotatable bonds is 7. The second kappa shape index (κ2) is 9.57. The minimum Gasteiger partial charge on any atom is -0.468 e. The topological polar surface area (TPSA) is 105 Å². The Labute approximate surface area is 179 Å². The highest BCUT2D eigenvalue weighted by Crippen LogP contribution is 2.29. The highest BCUT2D eigenvalue weighted by molar-refractivity contribution is 7.91. The Morgan fingerprint density at radius 1 is 0.968 bits per heavy atom. The van der Waals surface area contributed by atoms with Crippen LogP contribution >= 0.6 is 0 Å². The molecule has 0 aliphatic heterocycles. The molecule has 0 fully saturated rings. The van der Waals surface area contributed by atoms with Gasteiger partial charge in [0.1, 0.15) is 16.8 Å². The average Bonchev–Trinajstić information content (AvgIpc) is 3.27. The van der Waals surface area contributed by atoms with Crippen molar-refractivity contribution in [2.24, 2.45) is 0 Å². The lowest BCUT2D eigenvalue weighted by Crippen LogP contribution is -2.42. The number of aryl methyl sites for hydroxylation is 1. The molecule has 0 unspecified atom stereocenters. The molecule has 2 aromatic carbocycles. The Balaban J connectivity index is 1.69. The first kappa shape index (κ1) is 22.2.